The molecule has 2 saturated heterocycles. The molecule has 31 heavy (non-hydrogen) atoms. The number of hydrogen-bond donors (Lipinski definition) is 1. The van der Waals surface area contributed by atoms with Crippen LogP contribution in [-0.4, -0.2) is 56.3 Å². The Labute approximate surface area is 181 Å². The van der Waals surface area contributed by atoms with Crippen LogP contribution in [0, 0.1) is 5.92 Å². The highest BCUT2D eigenvalue weighted by Gasteiger charge is 2.32. The van der Waals surface area contributed by atoms with Gasteiger partial charge in [0.25, 0.3) is 5.91 Å². The van der Waals surface area contributed by atoms with Crippen LogP contribution in [0.1, 0.15) is 29.6 Å². The summed E-state index contributed by atoms with van der Waals surface area (Å²) in [7, 11) is 1.59. The molecule has 8 heteroatoms. The molecule has 0 spiro atoms. The van der Waals surface area contributed by atoms with Gasteiger partial charge in [0.05, 0.1) is 19.8 Å². The molecule has 2 aliphatic heterocycles. The van der Waals surface area contributed by atoms with E-state index in [-0.39, 0.29) is 24.3 Å². The molecule has 0 aliphatic carbocycles. The lowest BCUT2D eigenvalue weighted by Crippen LogP contribution is -2.37. The third-order valence-corrected chi connectivity index (χ3v) is 5.63. The molecule has 2 amide bonds. The van der Waals surface area contributed by atoms with E-state index in [1.807, 2.05) is 24.3 Å². The number of amides is 2. The van der Waals surface area contributed by atoms with E-state index < -0.39 is 0 Å². The molecule has 1 aromatic heterocycles. The zero-order chi connectivity index (χ0) is 21.6. The first-order chi connectivity index (χ1) is 15.1. The highest BCUT2D eigenvalue weighted by atomic mass is 16.5. The second-order valence-corrected chi connectivity index (χ2v) is 7.83. The van der Waals surface area contributed by atoms with Crippen molar-refractivity contribution in [2.45, 2.75) is 25.3 Å². The number of rotatable bonds is 7. The SMILES string of the molecule is COc1cccc(N2C[C@H](NC(=O)c3ccnc(OCC4CCOCC4)c3)CC2=O)c1. The second kappa shape index (κ2) is 9.78. The lowest BCUT2D eigenvalue weighted by Gasteiger charge is -2.21. The molecule has 3 heterocycles. The minimum Gasteiger partial charge on any atom is -0.497 e. The van der Waals surface area contributed by atoms with Crippen LogP contribution < -0.4 is 19.7 Å². The number of hydrogen-bond acceptors (Lipinski definition) is 6. The summed E-state index contributed by atoms with van der Waals surface area (Å²) in [5.41, 5.74) is 1.22. The van der Waals surface area contributed by atoms with E-state index in [9.17, 15) is 9.59 Å². The number of anilines is 1. The van der Waals surface area contributed by atoms with Gasteiger partial charge in [-0.3, -0.25) is 9.59 Å². The van der Waals surface area contributed by atoms with Crippen molar-refractivity contribution in [2.24, 2.45) is 5.92 Å². The number of carbonyl (C=O) groups is 2. The number of methoxy groups -OCH3 is 1. The van der Waals surface area contributed by atoms with Crippen LogP contribution in [0.4, 0.5) is 5.69 Å². The number of aromatic nitrogens is 1. The second-order valence-electron chi connectivity index (χ2n) is 7.83. The maximum absolute atomic E-state index is 12.7. The first-order valence-electron chi connectivity index (χ1n) is 10.5. The van der Waals surface area contributed by atoms with Crippen LogP contribution in [-0.2, 0) is 9.53 Å². The first-order valence-corrected chi connectivity index (χ1v) is 10.5. The Hall–Kier alpha value is -3.13. The molecular formula is C23H27N3O5. The van der Waals surface area contributed by atoms with Gasteiger partial charge in [-0.2, -0.15) is 0 Å². The molecule has 2 aliphatic rings. The Bertz CT molecular complexity index is 929. The van der Waals surface area contributed by atoms with Gasteiger partial charge in [0.1, 0.15) is 5.75 Å². The highest BCUT2D eigenvalue weighted by Crippen LogP contribution is 2.25. The van der Waals surface area contributed by atoms with Crippen molar-refractivity contribution in [1.29, 1.82) is 0 Å². The summed E-state index contributed by atoms with van der Waals surface area (Å²) in [5, 5.41) is 2.95. The fraction of sp³-hybridized carbons (Fsp3) is 0.435. The molecule has 0 saturated carbocycles. The van der Waals surface area contributed by atoms with E-state index in [1.54, 1.807) is 30.3 Å². The van der Waals surface area contributed by atoms with Crippen molar-refractivity contribution < 1.29 is 23.8 Å². The van der Waals surface area contributed by atoms with Crippen LogP contribution in [0.2, 0.25) is 0 Å². The lowest BCUT2D eigenvalue weighted by molar-refractivity contribution is -0.117. The normalized spacial score (nSPS) is 19.3. The lowest BCUT2D eigenvalue weighted by atomic mass is 10.0. The quantitative estimate of drug-likeness (QED) is 0.733. The van der Waals surface area contributed by atoms with Gasteiger partial charge in [-0.05, 0) is 37.0 Å². The molecule has 164 valence electrons. The maximum atomic E-state index is 12.7. The van der Waals surface area contributed by atoms with E-state index in [4.69, 9.17) is 14.2 Å². The Balaban J connectivity index is 1.34. The number of ether oxygens (including phenoxy) is 3. The Morgan fingerprint density at radius 3 is 2.90 bits per heavy atom. The molecule has 8 nitrogen and oxygen atoms in total. The van der Waals surface area contributed by atoms with Crippen molar-refractivity contribution in [3.05, 3.63) is 48.2 Å². The van der Waals surface area contributed by atoms with Crippen LogP contribution >= 0.6 is 0 Å². The number of benzene rings is 1. The fourth-order valence-electron chi connectivity index (χ4n) is 3.85. The summed E-state index contributed by atoms with van der Waals surface area (Å²) in [5.74, 6) is 1.28. The van der Waals surface area contributed by atoms with Crippen molar-refractivity contribution in [2.75, 3.05) is 38.4 Å². The average Bonchev–Trinajstić information content (AvgIpc) is 3.18. The van der Waals surface area contributed by atoms with Gasteiger partial charge in [-0.1, -0.05) is 6.07 Å². The van der Waals surface area contributed by atoms with Crippen molar-refractivity contribution in [3.63, 3.8) is 0 Å². The van der Waals surface area contributed by atoms with Gasteiger partial charge in [-0.25, -0.2) is 4.98 Å². The molecule has 1 aromatic carbocycles. The van der Waals surface area contributed by atoms with Crippen LogP contribution in [0.3, 0.4) is 0 Å². The summed E-state index contributed by atoms with van der Waals surface area (Å²) >= 11 is 0. The molecular weight excluding hydrogens is 398 g/mol. The largest absolute Gasteiger partial charge is 0.497 e. The number of pyridine rings is 1. The molecule has 4 rings (SSSR count). The summed E-state index contributed by atoms with van der Waals surface area (Å²) in [6, 6.07) is 10.4. The predicted molar refractivity (Wildman–Crippen MR) is 114 cm³/mol. The van der Waals surface area contributed by atoms with Crippen molar-refractivity contribution in [3.8, 4) is 11.6 Å². The van der Waals surface area contributed by atoms with Gasteiger partial charge in [0, 0.05) is 55.8 Å². The van der Waals surface area contributed by atoms with Gasteiger partial charge < -0.3 is 24.4 Å². The topological polar surface area (TPSA) is 90.0 Å². The minimum absolute atomic E-state index is 0.0336. The van der Waals surface area contributed by atoms with Gasteiger partial charge in [-0.15, -0.1) is 0 Å². The molecule has 0 unspecified atom stereocenters. The minimum atomic E-state index is -0.272. The van der Waals surface area contributed by atoms with Crippen LogP contribution in [0.15, 0.2) is 42.6 Å². The first kappa shape index (κ1) is 21.1. The molecule has 0 radical (unpaired) electrons. The van der Waals surface area contributed by atoms with Crippen molar-refractivity contribution >= 4 is 17.5 Å². The molecule has 2 fully saturated rings. The summed E-state index contributed by atoms with van der Waals surface area (Å²) in [4.78, 5) is 31.1. The highest BCUT2D eigenvalue weighted by molar-refractivity contribution is 5.99. The fourth-order valence-corrected chi connectivity index (χ4v) is 3.85. The van der Waals surface area contributed by atoms with E-state index in [0.29, 0.717) is 36.3 Å². The maximum Gasteiger partial charge on any atom is 0.251 e. The Kier molecular flexibility index (Phi) is 6.66. The molecule has 1 atom stereocenters. The summed E-state index contributed by atoms with van der Waals surface area (Å²) in [6.45, 7) is 2.50. The van der Waals surface area contributed by atoms with Gasteiger partial charge in [0.2, 0.25) is 11.8 Å². The van der Waals surface area contributed by atoms with Crippen LogP contribution in [0.25, 0.3) is 0 Å². The summed E-state index contributed by atoms with van der Waals surface area (Å²) in [6.07, 6.45) is 3.76. The zero-order valence-electron chi connectivity index (χ0n) is 17.6. The molecule has 0 bridgehead atoms. The van der Waals surface area contributed by atoms with E-state index >= 15 is 0 Å². The van der Waals surface area contributed by atoms with Crippen LogP contribution in [0.5, 0.6) is 11.6 Å². The monoisotopic (exact) mass is 425 g/mol. The Morgan fingerprint density at radius 1 is 1.26 bits per heavy atom. The van der Waals surface area contributed by atoms with Gasteiger partial charge >= 0.3 is 0 Å². The third-order valence-electron chi connectivity index (χ3n) is 5.63. The number of nitrogens with zero attached hydrogens (tertiary/aromatic N) is 2. The summed E-state index contributed by atoms with van der Waals surface area (Å²) < 4.78 is 16.4. The molecule has 1 N–H and O–H groups in total. The average molecular weight is 425 g/mol. The van der Waals surface area contributed by atoms with E-state index in [2.05, 4.69) is 10.3 Å². The Morgan fingerprint density at radius 2 is 2.10 bits per heavy atom. The number of carbonyl (C=O) groups excluding carboxylic acids is 2. The molecule has 2 aromatic rings. The standard InChI is InChI=1S/C23H27N3O5/c1-29-20-4-2-3-19(13-20)26-14-18(12-22(26)27)25-23(28)17-5-8-24-21(11-17)31-15-16-6-9-30-10-7-16/h2-5,8,11,13,16,18H,6-7,9-10,12,14-15H2,1H3,(H,25,28)/t18-/m1/s1. The van der Waals surface area contributed by atoms with Crippen molar-refractivity contribution in [1.82, 2.24) is 10.3 Å². The van der Waals surface area contributed by atoms with E-state index in [0.717, 1.165) is 31.7 Å². The zero-order valence-corrected chi connectivity index (χ0v) is 17.6. The smallest absolute Gasteiger partial charge is 0.251 e. The number of nitrogens with one attached hydrogen (secondary N) is 1. The van der Waals surface area contributed by atoms with E-state index in [1.165, 1.54) is 0 Å². The van der Waals surface area contributed by atoms with Gasteiger partial charge in [0.15, 0.2) is 0 Å². The third kappa shape index (κ3) is 5.32. The predicted octanol–water partition coefficient (Wildman–Crippen LogP) is 2.43.